The van der Waals surface area contributed by atoms with Crippen LogP contribution in [0.2, 0.25) is 0 Å². The molecule has 0 unspecified atom stereocenters. The number of carbonyl (C=O) groups is 1. The highest BCUT2D eigenvalue weighted by molar-refractivity contribution is 7.88. The summed E-state index contributed by atoms with van der Waals surface area (Å²) in [5.41, 5.74) is 0.937. The van der Waals surface area contributed by atoms with Crippen LogP contribution >= 0.6 is 0 Å². The predicted octanol–water partition coefficient (Wildman–Crippen LogP) is 1.64. The normalized spacial score (nSPS) is 26.2. The van der Waals surface area contributed by atoms with Crippen LogP contribution in [0.15, 0.2) is 24.3 Å². The number of hydrogen-bond acceptors (Lipinski definition) is 8. The molecule has 1 amide bonds. The van der Waals surface area contributed by atoms with Crippen molar-refractivity contribution in [3.63, 3.8) is 0 Å². The Morgan fingerprint density at radius 1 is 1.11 bits per heavy atom. The molecular formula is C26H40N6O5S. The Labute approximate surface area is 224 Å². The van der Waals surface area contributed by atoms with Crippen molar-refractivity contribution in [2.45, 2.75) is 69.8 Å². The van der Waals surface area contributed by atoms with Crippen LogP contribution in [0.3, 0.4) is 0 Å². The Morgan fingerprint density at radius 3 is 2.39 bits per heavy atom. The number of sulfonamides is 1. The predicted molar refractivity (Wildman–Crippen MR) is 145 cm³/mol. The van der Waals surface area contributed by atoms with Gasteiger partial charge in [-0.1, -0.05) is 12.1 Å². The molecular weight excluding hydrogens is 508 g/mol. The summed E-state index contributed by atoms with van der Waals surface area (Å²) in [6.45, 7) is 7.43. The summed E-state index contributed by atoms with van der Waals surface area (Å²) >= 11 is 0. The average Bonchev–Trinajstić information content (AvgIpc) is 3.32. The van der Waals surface area contributed by atoms with Crippen molar-refractivity contribution in [1.29, 1.82) is 0 Å². The van der Waals surface area contributed by atoms with E-state index in [-0.39, 0.29) is 12.1 Å². The molecule has 11 nitrogen and oxygen atoms in total. The van der Waals surface area contributed by atoms with E-state index in [0.717, 1.165) is 36.6 Å². The molecule has 2 bridgehead atoms. The van der Waals surface area contributed by atoms with Gasteiger partial charge in [-0.3, -0.25) is 14.5 Å². The van der Waals surface area contributed by atoms with Gasteiger partial charge in [-0.25, -0.2) is 13.2 Å². The number of aromatic nitrogens is 2. The zero-order valence-electron chi connectivity index (χ0n) is 22.5. The first-order valence-corrected chi connectivity index (χ1v) is 15.5. The van der Waals surface area contributed by atoms with E-state index in [0.29, 0.717) is 57.2 Å². The number of nitrogens with zero attached hydrogens (tertiary/aromatic N) is 5. The van der Waals surface area contributed by atoms with Gasteiger partial charge in [0.2, 0.25) is 10.0 Å². The quantitative estimate of drug-likeness (QED) is 0.511. The topological polar surface area (TPSA) is 120 Å². The van der Waals surface area contributed by atoms with E-state index in [1.165, 1.54) is 10.6 Å². The van der Waals surface area contributed by atoms with Crippen molar-refractivity contribution in [2.24, 2.45) is 0 Å². The molecule has 4 atom stereocenters. The fourth-order valence-corrected chi connectivity index (χ4v) is 7.17. The van der Waals surface area contributed by atoms with Gasteiger partial charge in [-0.2, -0.15) is 4.31 Å². The molecule has 0 spiro atoms. The smallest absolute Gasteiger partial charge is 0.390 e. The molecule has 0 saturated carbocycles. The number of carbonyl (C=O) groups excluding carboxylic acids is 1. The van der Waals surface area contributed by atoms with Gasteiger partial charge in [-0.15, -0.1) is 5.10 Å². The third kappa shape index (κ3) is 5.99. The van der Waals surface area contributed by atoms with Gasteiger partial charge >= 0.3 is 6.09 Å². The molecule has 210 valence electrons. The first-order valence-electron chi connectivity index (χ1n) is 13.7. The fourth-order valence-electron chi connectivity index (χ4n) is 6.35. The van der Waals surface area contributed by atoms with Crippen LogP contribution in [-0.4, -0.2) is 113 Å². The summed E-state index contributed by atoms with van der Waals surface area (Å²) in [4.78, 5) is 17.4. The summed E-state index contributed by atoms with van der Waals surface area (Å²) in [6.07, 6.45) is 4.03. The van der Waals surface area contributed by atoms with Gasteiger partial charge < -0.3 is 15.2 Å². The van der Waals surface area contributed by atoms with E-state index < -0.39 is 22.2 Å². The number of hydrogen-bond donors (Lipinski definition) is 2. The fraction of sp³-hybridized carbons (Fsp3) is 0.692. The number of para-hydroxylation sites is 1. The Bertz CT molecular complexity index is 1230. The highest BCUT2D eigenvalue weighted by Crippen LogP contribution is 2.36. The second-order valence-electron chi connectivity index (χ2n) is 11.3. The average molecular weight is 549 g/mol. The van der Waals surface area contributed by atoms with E-state index >= 15 is 0 Å². The maximum absolute atomic E-state index is 12.8. The molecule has 0 aliphatic carbocycles. The summed E-state index contributed by atoms with van der Waals surface area (Å²) in [7, 11) is -3.16. The van der Waals surface area contributed by atoms with Crippen LogP contribution in [0, 0.1) is 0 Å². The second-order valence-corrected chi connectivity index (χ2v) is 13.2. The molecule has 3 aliphatic heterocycles. The Morgan fingerprint density at radius 2 is 1.76 bits per heavy atom. The van der Waals surface area contributed by atoms with Crippen LogP contribution in [-0.2, 0) is 10.0 Å². The molecule has 1 aromatic carbocycles. The van der Waals surface area contributed by atoms with Crippen molar-refractivity contribution >= 4 is 27.0 Å². The zero-order valence-corrected chi connectivity index (χ0v) is 23.3. The number of rotatable bonds is 8. The van der Waals surface area contributed by atoms with Gasteiger partial charge in [0.25, 0.3) is 5.88 Å². The highest BCUT2D eigenvalue weighted by atomic mass is 32.2. The molecule has 38 heavy (non-hydrogen) atoms. The van der Waals surface area contributed by atoms with Gasteiger partial charge in [0, 0.05) is 63.4 Å². The summed E-state index contributed by atoms with van der Waals surface area (Å²) in [6, 6.07) is 8.56. The van der Waals surface area contributed by atoms with Crippen LogP contribution < -0.4 is 10.1 Å². The Kier molecular flexibility index (Phi) is 7.97. The third-order valence-corrected chi connectivity index (χ3v) is 9.46. The highest BCUT2D eigenvalue weighted by Gasteiger charge is 2.42. The van der Waals surface area contributed by atoms with Crippen LogP contribution in [0.5, 0.6) is 5.88 Å². The first-order chi connectivity index (χ1) is 18.1. The van der Waals surface area contributed by atoms with Crippen molar-refractivity contribution in [3.05, 3.63) is 24.3 Å². The minimum Gasteiger partial charge on any atom is -0.390 e. The Balaban J connectivity index is 1.11. The summed E-state index contributed by atoms with van der Waals surface area (Å²) < 4.78 is 32.5. The molecule has 12 heteroatoms. The number of aliphatic hydroxyl groups excluding tert-OH is 1. The number of nitrogens with one attached hydrogen (secondary N) is 1. The second kappa shape index (κ2) is 11.1. The molecule has 3 saturated heterocycles. The SMILES string of the molecule is CC(C)n1nc(OC(=O)N[C@@H]2C[C@H]3CC[C@@H](C2)N3C[C@H](O)CN2CCN(S(C)(=O)=O)CC2)c2ccccc21. The number of benzene rings is 1. The lowest BCUT2D eigenvalue weighted by molar-refractivity contribution is 0.0282. The number of ether oxygens (including phenoxy) is 1. The van der Waals surface area contributed by atoms with Crippen LogP contribution in [0.4, 0.5) is 4.79 Å². The molecule has 2 N–H and O–H groups in total. The zero-order chi connectivity index (χ0) is 27.0. The van der Waals surface area contributed by atoms with E-state index in [9.17, 15) is 18.3 Å². The van der Waals surface area contributed by atoms with E-state index in [1.807, 2.05) is 42.8 Å². The number of aliphatic hydroxyl groups is 1. The summed E-state index contributed by atoms with van der Waals surface area (Å²) in [5.74, 6) is 0.327. The minimum absolute atomic E-state index is 0.0240. The largest absolute Gasteiger partial charge is 0.414 e. The standard InChI is InChI=1S/C26H40N6O5S/c1-18(2)32-24-7-5-4-6-23(24)25(28-32)37-26(34)27-19-14-20-8-9-21(15-19)31(20)17-22(33)16-29-10-12-30(13-11-29)38(3,35)36/h4-7,18-22,33H,8-17H2,1-3H3,(H,27,34)/t19-,20-,21+,22-/m1/s1. The van der Waals surface area contributed by atoms with Gasteiger partial charge in [0.15, 0.2) is 0 Å². The number of fused-ring (bicyclic) bond motifs is 3. The van der Waals surface area contributed by atoms with E-state index in [1.54, 1.807) is 0 Å². The lowest BCUT2D eigenvalue weighted by Crippen LogP contribution is -2.55. The molecule has 3 aliphatic rings. The molecule has 5 rings (SSSR count). The number of piperazine rings is 1. The van der Waals surface area contributed by atoms with Crippen LogP contribution in [0.1, 0.15) is 45.6 Å². The third-order valence-electron chi connectivity index (χ3n) is 8.16. The van der Waals surface area contributed by atoms with E-state index in [2.05, 4.69) is 20.2 Å². The van der Waals surface area contributed by atoms with Crippen molar-refractivity contribution in [3.8, 4) is 5.88 Å². The van der Waals surface area contributed by atoms with Gasteiger partial charge in [0.05, 0.1) is 23.3 Å². The van der Waals surface area contributed by atoms with Gasteiger partial charge in [-0.05, 0) is 51.7 Å². The Hall–Kier alpha value is -2.25. The number of amides is 1. The lowest BCUT2D eigenvalue weighted by Gasteiger charge is -2.41. The summed E-state index contributed by atoms with van der Waals surface area (Å²) in [5, 5.41) is 19.2. The van der Waals surface area contributed by atoms with Gasteiger partial charge in [0.1, 0.15) is 0 Å². The first kappa shape index (κ1) is 27.3. The molecule has 2 aromatic rings. The van der Waals surface area contributed by atoms with Crippen molar-refractivity contribution in [1.82, 2.24) is 29.2 Å². The molecule has 4 heterocycles. The maximum Gasteiger partial charge on any atom is 0.414 e. The molecule has 0 radical (unpaired) electrons. The monoisotopic (exact) mass is 548 g/mol. The minimum atomic E-state index is -3.16. The molecule has 1 aromatic heterocycles. The van der Waals surface area contributed by atoms with Crippen molar-refractivity contribution < 1.29 is 23.1 Å². The maximum atomic E-state index is 12.8. The number of β-amino-alcohol motifs (C(OH)–C–C–N with tert-alkyl or cyclic N) is 1. The number of piperidine rings is 1. The van der Waals surface area contributed by atoms with E-state index in [4.69, 9.17) is 4.74 Å². The van der Waals surface area contributed by atoms with Crippen molar-refractivity contribution in [2.75, 3.05) is 45.5 Å². The van der Waals surface area contributed by atoms with Crippen LogP contribution in [0.25, 0.3) is 10.9 Å². The molecule has 3 fully saturated rings. The lowest BCUT2D eigenvalue weighted by atomic mass is 9.97.